The number of amides is 1. The fraction of sp³-hybridized carbons (Fsp3) is 0.429. The van der Waals surface area contributed by atoms with Crippen LogP contribution in [0.25, 0.3) is 0 Å². The molecule has 2 rings (SSSR count). The van der Waals surface area contributed by atoms with E-state index in [0.717, 1.165) is 17.8 Å². The van der Waals surface area contributed by atoms with Crippen molar-refractivity contribution >= 4 is 11.7 Å². The van der Waals surface area contributed by atoms with E-state index in [1.165, 1.54) is 0 Å². The smallest absolute Gasteiger partial charge is 0.258 e. The highest BCUT2D eigenvalue weighted by Gasteiger charge is 2.14. The quantitative estimate of drug-likeness (QED) is 0.887. The van der Waals surface area contributed by atoms with E-state index in [1.807, 2.05) is 24.6 Å². The highest BCUT2D eigenvalue weighted by molar-refractivity contribution is 6.04. The van der Waals surface area contributed by atoms with E-state index in [4.69, 9.17) is 0 Å². The Morgan fingerprint density at radius 3 is 2.84 bits per heavy atom. The normalized spacial score (nSPS) is 12.4. The van der Waals surface area contributed by atoms with Crippen molar-refractivity contribution in [1.82, 2.24) is 14.8 Å². The summed E-state index contributed by atoms with van der Waals surface area (Å²) in [6.45, 7) is 8.10. The molecular formula is C14H20N4O. The largest absolute Gasteiger partial charge is 0.365 e. The van der Waals surface area contributed by atoms with Gasteiger partial charge in [0.15, 0.2) is 5.82 Å². The van der Waals surface area contributed by atoms with Crippen molar-refractivity contribution < 1.29 is 4.79 Å². The third kappa shape index (κ3) is 2.70. The zero-order chi connectivity index (χ0) is 14.0. The third-order valence-electron chi connectivity index (χ3n) is 3.37. The van der Waals surface area contributed by atoms with Gasteiger partial charge in [0.1, 0.15) is 0 Å². The number of aromatic nitrogens is 3. The average molecular weight is 260 g/mol. The molecule has 5 nitrogen and oxygen atoms in total. The Bertz CT molecular complexity index is 582. The van der Waals surface area contributed by atoms with Gasteiger partial charge in [-0.05, 0) is 33.3 Å². The van der Waals surface area contributed by atoms with Gasteiger partial charge in [-0.25, -0.2) is 0 Å². The second-order valence-electron chi connectivity index (χ2n) is 4.84. The van der Waals surface area contributed by atoms with E-state index >= 15 is 0 Å². The first-order valence-corrected chi connectivity index (χ1v) is 6.54. The molecule has 1 amide bonds. The standard InChI is InChI=1S/C14H20N4O/c1-5-9(2)18-10(3)8-13(17-18)16-14(19)12-6-7-15-11(12)4/h6-9,15H,5H2,1-4H3,(H,16,17,19). The third-order valence-corrected chi connectivity index (χ3v) is 3.37. The predicted molar refractivity (Wildman–Crippen MR) is 75.4 cm³/mol. The summed E-state index contributed by atoms with van der Waals surface area (Å²) in [4.78, 5) is 15.1. The lowest BCUT2D eigenvalue weighted by atomic mass is 10.2. The topological polar surface area (TPSA) is 62.7 Å². The minimum Gasteiger partial charge on any atom is -0.365 e. The maximum atomic E-state index is 12.1. The van der Waals surface area contributed by atoms with Crippen LogP contribution in [0.15, 0.2) is 18.3 Å². The molecule has 102 valence electrons. The Labute approximate surface area is 113 Å². The Balaban J connectivity index is 2.16. The highest BCUT2D eigenvalue weighted by atomic mass is 16.1. The number of aryl methyl sites for hydroxylation is 2. The minimum atomic E-state index is -0.132. The summed E-state index contributed by atoms with van der Waals surface area (Å²) in [5.74, 6) is 0.468. The molecule has 0 fully saturated rings. The Hall–Kier alpha value is -2.04. The fourth-order valence-electron chi connectivity index (χ4n) is 2.05. The molecule has 2 N–H and O–H groups in total. The zero-order valence-electron chi connectivity index (χ0n) is 11.8. The van der Waals surface area contributed by atoms with Gasteiger partial charge in [-0.15, -0.1) is 0 Å². The molecule has 0 spiro atoms. The van der Waals surface area contributed by atoms with Gasteiger partial charge in [-0.2, -0.15) is 5.10 Å². The van der Waals surface area contributed by atoms with Gasteiger partial charge in [0.2, 0.25) is 0 Å². The fourth-order valence-corrected chi connectivity index (χ4v) is 2.05. The average Bonchev–Trinajstić information content (AvgIpc) is 2.94. The lowest BCUT2D eigenvalue weighted by molar-refractivity contribution is 0.102. The number of hydrogen-bond donors (Lipinski definition) is 2. The molecular weight excluding hydrogens is 240 g/mol. The van der Waals surface area contributed by atoms with E-state index in [-0.39, 0.29) is 5.91 Å². The molecule has 2 aromatic rings. The first kappa shape index (κ1) is 13.4. The molecule has 0 aliphatic heterocycles. The van der Waals surface area contributed by atoms with Crippen LogP contribution in [0.3, 0.4) is 0 Å². The van der Waals surface area contributed by atoms with E-state index < -0.39 is 0 Å². The number of nitrogens with zero attached hydrogens (tertiary/aromatic N) is 2. The summed E-state index contributed by atoms with van der Waals surface area (Å²) in [6.07, 6.45) is 2.76. The van der Waals surface area contributed by atoms with Crippen LogP contribution in [0, 0.1) is 13.8 Å². The van der Waals surface area contributed by atoms with E-state index in [9.17, 15) is 4.79 Å². The van der Waals surface area contributed by atoms with Crippen LogP contribution in [-0.4, -0.2) is 20.7 Å². The Morgan fingerprint density at radius 1 is 1.53 bits per heavy atom. The summed E-state index contributed by atoms with van der Waals surface area (Å²) in [5, 5.41) is 7.27. The lowest BCUT2D eigenvalue weighted by Gasteiger charge is -2.10. The maximum absolute atomic E-state index is 12.1. The summed E-state index contributed by atoms with van der Waals surface area (Å²) in [5.41, 5.74) is 2.56. The van der Waals surface area contributed by atoms with Gasteiger partial charge in [0.05, 0.1) is 5.56 Å². The number of H-pyrrole nitrogens is 1. The van der Waals surface area contributed by atoms with Gasteiger partial charge < -0.3 is 10.3 Å². The van der Waals surface area contributed by atoms with Crippen molar-refractivity contribution in [2.45, 2.75) is 40.2 Å². The minimum absolute atomic E-state index is 0.132. The van der Waals surface area contributed by atoms with Crippen LogP contribution in [0.1, 0.15) is 48.1 Å². The number of aromatic amines is 1. The van der Waals surface area contributed by atoms with Crippen LogP contribution in [0.5, 0.6) is 0 Å². The molecule has 0 aliphatic rings. The summed E-state index contributed by atoms with van der Waals surface area (Å²) in [7, 11) is 0. The van der Waals surface area contributed by atoms with Gasteiger partial charge in [0.25, 0.3) is 5.91 Å². The predicted octanol–water partition coefficient (Wildman–Crippen LogP) is 3.05. The zero-order valence-corrected chi connectivity index (χ0v) is 11.8. The van der Waals surface area contributed by atoms with Crippen molar-refractivity contribution in [3.63, 3.8) is 0 Å². The second kappa shape index (κ2) is 5.30. The maximum Gasteiger partial charge on any atom is 0.258 e. The van der Waals surface area contributed by atoms with Crippen LogP contribution in [0.2, 0.25) is 0 Å². The monoisotopic (exact) mass is 260 g/mol. The molecule has 2 aromatic heterocycles. The van der Waals surface area contributed by atoms with Crippen molar-refractivity contribution in [3.8, 4) is 0 Å². The van der Waals surface area contributed by atoms with Crippen LogP contribution >= 0.6 is 0 Å². The van der Waals surface area contributed by atoms with Gasteiger partial charge in [-0.3, -0.25) is 9.48 Å². The van der Waals surface area contributed by atoms with Crippen LogP contribution < -0.4 is 5.32 Å². The first-order chi connectivity index (χ1) is 9.02. The molecule has 5 heteroatoms. The molecule has 1 atom stereocenters. The lowest BCUT2D eigenvalue weighted by Crippen LogP contribution is -2.14. The summed E-state index contributed by atoms with van der Waals surface area (Å²) < 4.78 is 1.94. The van der Waals surface area contributed by atoms with Crippen molar-refractivity contribution in [2.24, 2.45) is 0 Å². The molecule has 0 aromatic carbocycles. The van der Waals surface area contributed by atoms with E-state index in [1.54, 1.807) is 12.3 Å². The van der Waals surface area contributed by atoms with Gasteiger partial charge >= 0.3 is 0 Å². The number of carbonyl (C=O) groups excluding carboxylic acids is 1. The van der Waals surface area contributed by atoms with Crippen molar-refractivity contribution in [3.05, 3.63) is 35.3 Å². The summed E-state index contributed by atoms with van der Waals surface area (Å²) >= 11 is 0. The van der Waals surface area contributed by atoms with E-state index in [0.29, 0.717) is 17.4 Å². The molecule has 0 bridgehead atoms. The first-order valence-electron chi connectivity index (χ1n) is 6.54. The number of carbonyl (C=O) groups is 1. The Morgan fingerprint density at radius 2 is 2.26 bits per heavy atom. The number of hydrogen-bond acceptors (Lipinski definition) is 2. The number of rotatable bonds is 4. The van der Waals surface area contributed by atoms with E-state index in [2.05, 4.69) is 29.2 Å². The van der Waals surface area contributed by atoms with Gasteiger partial charge in [-0.1, -0.05) is 6.92 Å². The Kier molecular flexibility index (Phi) is 3.74. The van der Waals surface area contributed by atoms with Crippen molar-refractivity contribution in [2.75, 3.05) is 5.32 Å². The molecule has 2 heterocycles. The molecule has 1 unspecified atom stereocenters. The van der Waals surface area contributed by atoms with Crippen LogP contribution in [0.4, 0.5) is 5.82 Å². The molecule has 0 radical (unpaired) electrons. The molecule has 0 aliphatic carbocycles. The highest BCUT2D eigenvalue weighted by Crippen LogP contribution is 2.17. The number of nitrogens with one attached hydrogen (secondary N) is 2. The summed E-state index contributed by atoms with van der Waals surface area (Å²) in [6, 6.07) is 3.99. The second-order valence-corrected chi connectivity index (χ2v) is 4.84. The van der Waals surface area contributed by atoms with Crippen molar-refractivity contribution in [1.29, 1.82) is 0 Å². The van der Waals surface area contributed by atoms with Crippen LogP contribution in [-0.2, 0) is 0 Å². The molecule has 0 saturated heterocycles. The molecule has 0 saturated carbocycles. The molecule has 19 heavy (non-hydrogen) atoms. The van der Waals surface area contributed by atoms with Gasteiger partial charge in [0, 0.05) is 29.7 Å². The SMILES string of the molecule is CCC(C)n1nc(NC(=O)c2cc[nH]c2C)cc1C. The number of anilines is 1.